The lowest BCUT2D eigenvalue weighted by Crippen LogP contribution is -2.31. The zero-order valence-corrected chi connectivity index (χ0v) is 18.2. The number of rotatable bonds is 5. The number of carbonyl (C=O) groups is 2. The first kappa shape index (κ1) is 20.3. The van der Waals surface area contributed by atoms with E-state index >= 15 is 0 Å². The number of nitrogens with zero attached hydrogens (tertiary/aromatic N) is 3. The van der Waals surface area contributed by atoms with Gasteiger partial charge in [-0.05, 0) is 69.2 Å². The van der Waals surface area contributed by atoms with Gasteiger partial charge in [0, 0.05) is 17.5 Å². The Morgan fingerprint density at radius 1 is 1.07 bits per heavy atom. The quantitative estimate of drug-likeness (QED) is 0.450. The van der Waals surface area contributed by atoms with E-state index in [1.165, 1.54) is 16.7 Å². The van der Waals surface area contributed by atoms with Crippen LogP contribution in [0.25, 0.3) is 10.9 Å². The van der Waals surface area contributed by atoms with Crippen LogP contribution in [0.3, 0.4) is 0 Å². The summed E-state index contributed by atoms with van der Waals surface area (Å²) in [4.78, 5) is 36.0. The Balaban J connectivity index is 1.59. The number of amides is 2. The van der Waals surface area contributed by atoms with E-state index in [9.17, 15) is 9.59 Å². The van der Waals surface area contributed by atoms with Crippen molar-refractivity contribution in [2.45, 2.75) is 44.5 Å². The highest BCUT2D eigenvalue weighted by Gasteiger charge is 2.40. The number of imide groups is 1. The van der Waals surface area contributed by atoms with E-state index < -0.39 is 5.25 Å². The first-order valence-electron chi connectivity index (χ1n) is 9.89. The molecule has 30 heavy (non-hydrogen) atoms. The molecule has 1 aromatic heterocycles. The molecule has 0 radical (unpaired) electrons. The number of aromatic nitrogens is 2. The predicted octanol–water partition coefficient (Wildman–Crippen LogP) is 4.38. The lowest BCUT2D eigenvalue weighted by Gasteiger charge is -2.16. The Hall–Kier alpha value is -2.93. The third-order valence-electron chi connectivity index (χ3n) is 5.25. The zero-order chi connectivity index (χ0) is 21.4. The van der Waals surface area contributed by atoms with E-state index in [2.05, 4.69) is 9.97 Å². The van der Waals surface area contributed by atoms with Crippen LogP contribution < -0.4 is 9.64 Å². The van der Waals surface area contributed by atoms with Crippen molar-refractivity contribution in [3.05, 3.63) is 53.2 Å². The van der Waals surface area contributed by atoms with Crippen LogP contribution in [0.1, 0.15) is 30.2 Å². The molecule has 1 atom stereocenters. The third-order valence-corrected chi connectivity index (χ3v) is 6.30. The van der Waals surface area contributed by atoms with Gasteiger partial charge in [-0.3, -0.25) is 9.59 Å². The number of ether oxygens (including phenoxy) is 1. The van der Waals surface area contributed by atoms with Crippen molar-refractivity contribution in [3.63, 3.8) is 0 Å². The minimum Gasteiger partial charge on any atom is -0.494 e. The van der Waals surface area contributed by atoms with Crippen LogP contribution in [0.15, 0.2) is 41.6 Å². The van der Waals surface area contributed by atoms with Gasteiger partial charge < -0.3 is 4.74 Å². The van der Waals surface area contributed by atoms with Gasteiger partial charge in [0.2, 0.25) is 11.8 Å². The summed E-state index contributed by atoms with van der Waals surface area (Å²) in [6.45, 7) is 8.41. The van der Waals surface area contributed by atoms with Gasteiger partial charge in [0.1, 0.15) is 11.0 Å². The Kier molecular flexibility index (Phi) is 5.47. The molecule has 2 heterocycles. The van der Waals surface area contributed by atoms with Crippen molar-refractivity contribution >= 4 is 40.2 Å². The molecule has 1 saturated heterocycles. The van der Waals surface area contributed by atoms with Gasteiger partial charge in [0.15, 0.2) is 5.16 Å². The Morgan fingerprint density at radius 2 is 1.87 bits per heavy atom. The molecule has 7 heteroatoms. The minimum absolute atomic E-state index is 0.139. The number of thioether (sulfide) groups is 1. The summed E-state index contributed by atoms with van der Waals surface area (Å²) in [6, 6.07) is 11.3. The normalized spacial score (nSPS) is 16.5. The number of carbonyl (C=O) groups excluding carboxylic acids is 2. The Morgan fingerprint density at radius 3 is 2.60 bits per heavy atom. The maximum atomic E-state index is 13.0. The summed E-state index contributed by atoms with van der Waals surface area (Å²) in [6.07, 6.45) is 0.139. The number of aryl methyl sites for hydroxylation is 3. The molecule has 0 bridgehead atoms. The summed E-state index contributed by atoms with van der Waals surface area (Å²) in [5.74, 6) is 0.360. The smallest absolute Gasteiger partial charge is 0.247 e. The molecule has 0 N–H and O–H groups in total. The van der Waals surface area contributed by atoms with E-state index in [0.29, 0.717) is 17.5 Å². The summed E-state index contributed by atoms with van der Waals surface area (Å²) in [5.41, 5.74) is 4.39. The molecule has 0 aliphatic carbocycles. The first-order chi connectivity index (χ1) is 14.4. The Bertz CT molecular complexity index is 1160. The molecule has 3 aromatic rings. The molecule has 2 aromatic carbocycles. The lowest BCUT2D eigenvalue weighted by molar-refractivity contribution is -0.121. The van der Waals surface area contributed by atoms with Gasteiger partial charge >= 0.3 is 0 Å². The third kappa shape index (κ3) is 3.77. The number of hydrogen-bond donors (Lipinski definition) is 0. The molecule has 0 saturated carbocycles. The second-order valence-electron chi connectivity index (χ2n) is 7.35. The number of anilines is 1. The molecule has 0 spiro atoms. The molecule has 1 fully saturated rings. The van der Waals surface area contributed by atoms with Gasteiger partial charge in [-0.1, -0.05) is 17.8 Å². The van der Waals surface area contributed by atoms with Gasteiger partial charge in [-0.15, -0.1) is 0 Å². The number of hydrogen-bond acceptors (Lipinski definition) is 6. The largest absolute Gasteiger partial charge is 0.494 e. The van der Waals surface area contributed by atoms with Crippen LogP contribution in [0, 0.1) is 20.8 Å². The van der Waals surface area contributed by atoms with Crippen LogP contribution in [0.2, 0.25) is 0 Å². The maximum Gasteiger partial charge on any atom is 0.247 e. The van der Waals surface area contributed by atoms with Crippen molar-refractivity contribution in [1.29, 1.82) is 0 Å². The van der Waals surface area contributed by atoms with Crippen molar-refractivity contribution in [1.82, 2.24) is 9.97 Å². The Labute approximate surface area is 179 Å². The predicted molar refractivity (Wildman–Crippen MR) is 118 cm³/mol. The van der Waals surface area contributed by atoms with Crippen molar-refractivity contribution in [3.8, 4) is 5.75 Å². The molecule has 4 rings (SSSR count). The molecule has 6 nitrogen and oxygen atoms in total. The van der Waals surface area contributed by atoms with E-state index in [-0.39, 0.29) is 18.2 Å². The van der Waals surface area contributed by atoms with Crippen molar-refractivity contribution in [2.75, 3.05) is 11.5 Å². The van der Waals surface area contributed by atoms with Crippen LogP contribution in [-0.2, 0) is 9.59 Å². The topological polar surface area (TPSA) is 72.4 Å². The van der Waals surface area contributed by atoms with Crippen LogP contribution >= 0.6 is 11.8 Å². The van der Waals surface area contributed by atoms with E-state index in [0.717, 1.165) is 33.5 Å². The summed E-state index contributed by atoms with van der Waals surface area (Å²) in [5, 5.41) is 0.881. The molecule has 1 aliphatic rings. The van der Waals surface area contributed by atoms with Crippen molar-refractivity contribution < 1.29 is 14.3 Å². The van der Waals surface area contributed by atoms with Gasteiger partial charge in [-0.2, -0.15) is 0 Å². The first-order valence-corrected chi connectivity index (χ1v) is 10.8. The average Bonchev–Trinajstić information content (AvgIpc) is 2.98. The van der Waals surface area contributed by atoms with Gasteiger partial charge in [0.05, 0.1) is 17.8 Å². The van der Waals surface area contributed by atoms with Crippen molar-refractivity contribution in [2.24, 2.45) is 0 Å². The highest BCUT2D eigenvalue weighted by Crippen LogP contribution is 2.34. The summed E-state index contributed by atoms with van der Waals surface area (Å²) in [7, 11) is 0. The van der Waals surface area contributed by atoms with E-state index in [1.807, 2.05) is 64.1 Å². The molecule has 154 valence electrons. The highest BCUT2D eigenvalue weighted by atomic mass is 32.2. The van der Waals surface area contributed by atoms with Crippen LogP contribution in [-0.4, -0.2) is 33.6 Å². The summed E-state index contributed by atoms with van der Waals surface area (Å²) < 4.78 is 5.55. The fourth-order valence-corrected chi connectivity index (χ4v) is 4.53. The fraction of sp³-hybridized carbons (Fsp3) is 0.304. The standard InChI is InChI=1S/C23H23N3O3S/c1-5-29-17-8-9-19-18(11-17)15(4)24-23(25-19)30-20-12-21(27)26(22(20)28)16-7-6-13(2)14(3)10-16/h6-11,20H,5,12H2,1-4H3/t20-/m0/s1. The summed E-state index contributed by atoms with van der Waals surface area (Å²) >= 11 is 1.25. The number of benzene rings is 2. The zero-order valence-electron chi connectivity index (χ0n) is 17.4. The number of fused-ring (bicyclic) bond motifs is 1. The second kappa shape index (κ2) is 8.07. The molecule has 2 amide bonds. The van der Waals surface area contributed by atoms with E-state index in [4.69, 9.17) is 4.74 Å². The molecule has 1 aliphatic heterocycles. The van der Waals surface area contributed by atoms with Crippen LogP contribution in [0.4, 0.5) is 5.69 Å². The van der Waals surface area contributed by atoms with Gasteiger partial charge in [0.25, 0.3) is 0 Å². The monoisotopic (exact) mass is 421 g/mol. The minimum atomic E-state index is -0.529. The second-order valence-corrected chi connectivity index (χ2v) is 8.52. The lowest BCUT2D eigenvalue weighted by atomic mass is 10.1. The highest BCUT2D eigenvalue weighted by molar-refractivity contribution is 8.00. The van der Waals surface area contributed by atoms with E-state index in [1.54, 1.807) is 0 Å². The molecule has 0 unspecified atom stereocenters. The molecular weight excluding hydrogens is 398 g/mol. The maximum absolute atomic E-state index is 13.0. The molecular formula is C23H23N3O3S. The van der Waals surface area contributed by atoms with Crippen LogP contribution in [0.5, 0.6) is 5.75 Å². The fourth-order valence-electron chi connectivity index (χ4n) is 3.50. The SMILES string of the molecule is CCOc1ccc2nc(S[C@H]3CC(=O)N(c4ccc(C)c(C)c4)C3=O)nc(C)c2c1. The average molecular weight is 422 g/mol. The van der Waals surface area contributed by atoms with Gasteiger partial charge in [-0.25, -0.2) is 14.9 Å².